The SMILES string of the molecule is CCN(Cc1ccccc1)C(=O)/C(C)=C\C(=O)Nc1ccc(C(C)=O)cc1. The molecule has 0 aromatic heterocycles. The molecule has 0 atom stereocenters. The summed E-state index contributed by atoms with van der Waals surface area (Å²) in [6, 6.07) is 16.3. The van der Waals surface area contributed by atoms with Gasteiger partial charge in [0.05, 0.1) is 0 Å². The van der Waals surface area contributed by atoms with Crippen molar-refractivity contribution in [3.05, 3.63) is 77.4 Å². The Balaban J connectivity index is 2.02. The van der Waals surface area contributed by atoms with E-state index in [2.05, 4.69) is 5.32 Å². The lowest BCUT2D eigenvalue weighted by atomic mass is 10.1. The number of hydrogen-bond acceptors (Lipinski definition) is 3. The molecule has 0 saturated carbocycles. The van der Waals surface area contributed by atoms with Gasteiger partial charge >= 0.3 is 0 Å². The molecule has 0 aliphatic rings. The van der Waals surface area contributed by atoms with E-state index in [0.717, 1.165) is 5.56 Å². The molecule has 0 aliphatic heterocycles. The monoisotopic (exact) mass is 364 g/mol. The molecule has 0 bridgehead atoms. The second-order valence-electron chi connectivity index (χ2n) is 6.26. The quantitative estimate of drug-likeness (QED) is 0.600. The standard InChI is InChI=1S/C22H24N2O3/c1-4-24(15-18-8-6-5-7-9-18)22(27)16(2)14-21(26)23-20-12-10-19(11-13-20)17(3)25/h5-14H,4,15H2,1-3H3,(H,23,26)/b16-14-. The summed E-state index contributed by atoms with van der Waals surface area (Å²) >= 11 is 0. The van der Waals surface area contributed by atoms with Crippen molar-refractivity contribution in [3.63, 3.8) is 0 Å². The smallest absolute Gasteiger partial charge is 0.249 e. The maximum absolute atomic E-state index is 12.6. The Labute approximate surface area is 159 Å². The van der Waals surface area contributed by atoms with Crippen molar-refractivity contribution in [1.29, 1.82) is 0 Å². The van der Waals surface area contributed by atoms with Gasteiger partial charge in [-0.25, -0.2) is 0 Å². The summed E-state index contributed by atoms with van der Waals surface area (Å²) in [4.78, 5) is 37.8. The first kappa shape index (κ1) is 20.1. The molecule has 0 aliphatic carbocycles. The van der Waals surface area contributed by atoms with Crippen LogP contribution in [0.4, 0.5) is 5.69 Å². The summed E-state index contributed by atoms with van der Waals surface area (Å²) in [5.41, 5.74) is 2.55. The topological polar surface area (TPSA) is 66.5 Å². The molecule has 2 amide bonds. The second kappa shape index (κ2) is 9.48. The molecule has 0 spiro atoms. The summed E-state index contributed by atoms with van der Waals surface area (Å²) in [6.07, 6.45) is 1.30. The zero-order chi connectivity index (χ0) is 19.8. The number of nitrogens with one attached hydrogen (secondary N) is 1. The largest absolute Gasteiger partial charge is 0.335 e. The number of carbonyl (C=O) groups excluding carboxylic acids is 3. The number of hydrogen-bond donors (Lipinski definition) is 1. The molecule has 27 heavy (non-hydrogen) atoms. The van der Waals surface area contributed by atoms with E-state index in [1.165, 1.54) is 13.0 Å². The minimum absolute atomic E-state index is 0.0349. The molecule has 5 heteroatoms. The third kappa shape index (κ3) is 5.92. The van der Waals surface area contributed by atoms with Crippen molar-refractivity contribution in [2.24, 2.45) is 0 Å². The number of ketones is 1. The number of likely N-dealkylation sites (N-methyl/N-ethyl adjacent to an activating group) is 1. The summed E-state index contributed by atoms with van der Waals surface area (Å²) < 4.78 is 0. The molecule has 0 radical (unpaired) electrons. The van der Waals surface area contributed by atoms with Gasteiger partial charge in [-0.3, -0.25) is 14.4 Å². The minimum Gasteiger partial charge on any atom is -0.335 e. The number of anilines is 1. The molecule has 1 N–H and O–H groups in total. The molecular formula is C22H24N2O3. The number of carbonyl (C=O) groups is 3. The fourth-order valence-electron chi connectivity index (χ4n) is 2.61. The summed E-state index contributed by atoms with van der Waals surface area (Å²) in [5.74, 6) is -0.595. The van der Waals surface area contributed by atoms with Crippen LogP contribution in [0, 0.1) is 0 Å². The molecule has 2 rings (SSSR count). The first-order chi connectivity index (χ1) is 12.9. The van der Waals surface area contributed by atoms with Gasteiger partial charge in [0.2, 0.25) is 11.8 Å². The van der Waals surface area contributed by atoms with Crippen molar-refractivity contribution in [2.45, 2.75) is 27.3 Å². The van der Waals surface area contributed by atoms with E-state index < -0.39 is 0 Å². The van der Waals surface area contributed by atoms with Crippen LogP contribution in [-0.2, 0) is 16.1 Å². The number of nitrogens with zero attached hydrogens (tertiary/aromatic N) is 1. The lowest BCUT2D eigenvalue weighted by Crippen LogP contribution is -2.31. The fourth-order valence-corrected chi connectivity index (χ4v) is 2.61. The highest BCUT2D eigenvalue weighted by molar-refractivity contribution is 6.06. The van der Waals surface area contributed by atoms with E-state index in [1.807, 2.05) is 37.3 Å². The van der Waals surface area contributed by atoms with Crippen LogP contribution < -0.4 is 5.32 Å². The van der Waals surface area contributed by atoms with E-state index in [0.29, 0.717) is 29.9 Å². The predicted molar refractivity (Wildman–Crippen MR) is 106 cm³/mol. The highest BCUT2D eigenvalue weighted by Gasteiger charge is 2.15. The van der Waals surface area contributed by atoms with Gasteiger partial charge in [-0.1, -0.05) is 30.3 Å². The Morgan fingerprint density at radius 2 is 1.59 bits per heavy atom. The van der Waals surface area contributed by atoms with Crippen molar-refractivity contribution < 1.29 is 14.4 Å². The van der Waals surface area contributed by atoms with Gasteiger partial charge in [0, 0.05) is 36.0 Å². The number of amides is 2. The second-order valence-corrected chi connectivity index (χ2v) is 6.26. The van der Waals surface area contributed by atoms with E-state index in [1.54, 1.807) is 36.1 Å². The van der Waals surface area contributed by atoms with Crippen molar-refractivity contribution >= 4 is 23.3 Å². The number of Topliss-reactive ketones (excluding diaryl/α,β-unsaturated/α-hetero) is 1. The van der Waals surface area contributed by atoms with E-state index in [9.17, 15) is 14.4 Å². The van der Waals surface area contributed by atoms with Crippen LogP contribution in [0.1, 0.15) is 36.7 Å². The maximum Gasteiger partial charge on any atom is 0.249 e. The molecule has 0 heterocycles. The minimum atomic E-state index is -0.382. The Bertz CT molecular complexity index is 840. The lowest BCUT2D eigenvalue weighted by Gasteiger charge is -2.21. The summed E-state index contributed by atoms with van der Waals surface area (Å²) in [5, 5.41) is 2.70. The van der Waals surface area contributed by atoms with Crippen molar-refractivity contribution in [3.8, 4) is 0 Å². The molecule has 2 aromatic carbocycles. The maximum atomic E-state index is 12.6. The highest BCUT2D eigenvalue weighted by atomic mass is 16.2. The van der Waals surface area contributed by atoms with Gasteiger partial charge in [0.25, 0.3) is 0 Å². The average Bonchev–Trinajstić information content (AvgIpc) is 2.66. The Morgan fingerprint density at radius 1 is 0.963 bits per heavy atom. The molecule has 140 valence electrons. The van der Waals surface area contributed by atoms with Crippen LogP contribution in [0.5, 0.6) is 0 Å². The molecule has 0 fully saturated rings. The van der Waals surface area contributed by atoms with Gasteiger partial charge in [-0.15, -0.1) is 0 Å². The fraction of sp³-hybridized carbons (Fsp3) is 0.227. The average molecular weight is 364 g/mol. The van der Waals surface area contributed by atoms with Gasteiger partial charge < -0.3 is 10.2 Å². The van der Waals surface area contributed by atoms with E-state index in [-0.39, 0.29) is 17.6 Å². The van der Waals surface area contributed by atoms with Crippen molar-refractivity contribution in [2.75, 3.05) is 11.9 Å². The summed E-state index contributed by atoms with van der Waals surface area (Å²) in [6.45, 7) is 6.07. The molecule has 0 saturated heterocycles. The van der Waals surface area contributed by atoms with Crippen LogP contribution in [0.15, 0.2) is 66.2 Å². The molecule has 5 nitrogen and oxygen atoms in total. The van der Waals surface area contributed by atoms with Gasteiger partial charge in [0.15, 0.2) is 5.78 Å². The Hall–Kier alpha value is -3.21. The third-order valence-electron chi connectivity index (χ3n) is 4.13. The van der Waals surface area contributed by atoms with Crippen LogP contribution in [0.25, 0.3) is 0 Å². The first-order valence-corrected chi connectivity index (χ1v) is 8.84. The third-order valence-corrected chi connectivity index (χ3v) is 4.13. The lowest BCUT2D eigenvalue weighted by molar-refractivity contribution is -0.127. The van der Waals surface area contributed by atoms with Crippen LogP contribution in [0.2, 0.25) is 0 Å². The van der Waals surface area contributed by atoms with Crippen LogP contribution in [-0.4, -0.2) is 29.0 Å². The first-order valence-electron chi connectivity index (χ1n) is 8.84. The number of benzene rings is 2. The van der Waals surface area contributed by atoms with Crippen LogP contribution >= 0.6 is 0 Å². The Kier molecular flexibility index (Phi) is 7.06. The van der Waals surface area contributed by atoms with Gasteiger partial charge in [0.1, 0.15) is 0 Å². The van der Waals surface area contributed by atoms with E-state index in [4.69, 9.17) is 0 Å². The summed E-state index contributed by atoms with van der Waals surface area (Å²) in [7, 11) is 0. The number of rotatable bonds is 7. The molecule has 0 unspecified atom stereocenters. The molecule has 2 aromatic rings. The zero-order valence-electron chi connectivity index (χ0n) is 15.9. The zero-order valence-corrected chi connectivity index (χ0v) is 15.9. The van der Waals surface area contributed by atoms with Gasteiger partial charge in [-0.05, 0) is 50.6 Å². The normalized spacial score (nSPS) is 11.0. The highest BCUT2D eigenvalue weighted by Crippen LogP contribution is 2.12. The Morgan fingerprint density at radius 3 is 2.15 bits per heavy atom. The van der Waals surface area contributed by atoms with Crippen LogP contribution in [0.3, 0.4) is 0 Å². The van der Waals surface area contributed by atoms with Gasteiger partial charge in [-0.2, -0.15) is 0 Å². The predicted octanol–water partition coefficient (Wildman–Crippen LogP) is 3.82. The van der Waals surface area contributed by atoms with Crippen molar-refractivity contribution in [1.82, 2.24) is 4.90 Å². The molecular weight excluding hydrogens is 340 g/mol. The van der Waals surface area contributed by atoms with E-state index >= 15 is 0 Å².